The van der Waals surface area contributed by atoms with Gasteiger partial charge in [0.2, 0.25) is 0 Å². The zero-order valence-corrected chi connectivity index (χ0v) is 26.4. The van der Waals surface area contributed by atoms with Crippen LogP contribution in [0.25, 0.3) is 11.1 Å². The van der Waals surface area contributed by atoms with Crippen molar-refractivity contribution in [2.24, 2.45) is 0 Å². The van der Waals surface area contributed by atoms with Gasteiger partial charge in [-0.05, 0) is 114 Å². The average Bonchev–Trinajstić information content (AvgIpc) is 2.96. The fourth-order valence-corrected chi connectivity index (χ4v) is 6.66. The van der Waals surface area contributed by atoms with Crippen LogP contribution < -0.4 is 20.7 Å². The molecule has 2 fully saturated rings. The molecule has 9 nitrogen and oxygen atoms in total. The second kappa shape index (κ2) is 12.9. The quantitative estimate of drug-likeness (QED) is 0.346. The molecule has 1 amide bonds. The molecule has 230 valence electrons. The summed E-state index contributed by atoms with van der Waals surface area (Å²) in [5, 5.41) is 12.7. The number of anilines is 2. The number of aryl methyl sites for hydroxylation is 2. The summed E-state index contributed by atoms with van der Waals surface area (Å²) in [5.41, 5.74) is 6.52. The van der Waals surface area contributed by atoms with Gasteiger partial charge in [0, 0.05) is 72.5 Å². The topological polar surface area (TPSA) is 105 Å². The van der Waals surface area contributed by atoms with Crippen LogP contribution in [0, 0.1) is 20.8 Å². The summed E-state index contributed by atoms with van der Waals surface area (Å²) < 4.78 is 0. The number of carbonyl (C=O) groups excluding carboxylic acids is 1. The number of β-amino-alcohol motifs (C(OH)–C–C–N with tert-alkyl or cyclic N) is 1. The summed E-state index contributed by atoms with van der Waals surface area (Å²) in [4.78, 5) is 40.8. The van der Waals surface area contributed by atoms with Gasteiger partial charge in [0.05, 0.1) is 6.10 Å². The lowest BCUT2D eigenvalue weighted by Gasteiger charge is -2.40. The van der Waals surface area contributed by atoms with E-state index in [1.165, 1.54) is 0 Å². The lowest BCUT2D eigenvalue weighted by molar-refractivity contribution is 0.0950. The lowest BCUT2D eigenvalue weighted by atomic mass is 9.88. The van der Waals surface area contributed by atoms with E-state index in [4.69, 9.17) is 0 Å². The van der Waals surface area contributed by atoms with Crippen molar-refractivity contribution >= 4 is 17.4 Å². The van der Waals surface area contributed by atoms with Crippen molar-refractivity contribution in [2.45, 2.75) is 78.1 Å². The van der Waals surface area contributed by atoms with Crippen molar-refractivity contribution in [2.75, 3.05) is 43.5 Å². The van der Waals surface area contributed by atoms with Gasteiger partial charge in [0.15, 0.2) is 0 Å². The smallest absolute Gasteiger partial charge is 0.253 e. The molecule has 0 bridgehead atoms. The summed E-state index contributed by atoms with van der Waals surface area (Å²) >= 11 is 0. The number of hydrogen-bond acceptors (Lipinski definition) is 7. The molecule has 1 aromatic carbocycles. The molecule has 0 spiro atoms. The SMILES string of the molecule is CCN(c1cc(-c2ccc(N3CC(O)C3)nc2)cc(C(=O)NCc2c(C)cc(C)[nH]c2=O)c1C)C1CCC(N(C)C)CC1. The number of H-pyrrole nitrogens is 1. The third kappa shape index (κ3) is 6.63. The Morgan fingerprint density at radius 3 is 2.33 bits per heavy atom. The van der Waals surface area contributed by atoms with Crippen LogP contribution >= 0.6 is 0 Å². The van der Waals surface area contributed by atoms with E-state index < -0.39 is 0 Å². The molecule has 9 heteroatoms. The maximum atomic E-state index is 13.8. The van der Waals surface area contributed by atoms with Gasteiger partial charge in [-0.3, -0.25) is 9.59 Å². The Morgan fingerprint density at radius 2 is 1.74 bits per heavy atom. The van der Waals surface area contributed by atoms with Crippen molar-refractivity contribution in [1.82, 2.24) is 20.2 Å². The first-order valence-electron chi connectivity index (χ1n) is 15.5. The predicted molar refractivity (Wildman–Crippen MR) is 173 cm³/mol. The molecular weight excluding hydrogens is 540 g/mol. The van der Waals surface area contributed by atoms with E-state index in [9.17, 15) is 14.7 Å². The molecule has 0 atom stereocenters. The number of aliphatic hydroxyl groups excluding tert-OH is 1. The number of nitrogens with zero attached hydrogens (tertiary/aromatic N) is 4. The van der Waals surface area contributed by atoms with E-state index >= 15 is 0 Å². The van der Waals surface area contributed by atoms with E-state index in [-0.39, 0.29) is 24.1 Å². The van der Waals surface area contributed by atoms with Crippen molar-refractivity contribution in [1.29, 1.82) is 0 Å². The number of aliphatic hydroxyl groups is 1. The zero-order valence-electron chi connectivity index (χ0n) is 26.4. The second-order valence-corrected chi connectivity index (χ2v) is 12.5. The number of pyridine rings is 2. The number of rotatable bonds is 9. The van der Waals surface area contributed by atoms with Crippen molar-refractivity contribution in [3.8, 4) is 11.1 Å². The first-order valence-corrected chi connectivity index (χ1v) is 15.5. The largest absolute Gasteiger partial charge is 0.389 e. The van der Waals surface area contributed by atoms with Gasteiger partial charge in [-0.1, -0.05) is 0 Å². The van der Waals surface area contributed by atoms with Gasteiger partial charge in [0.1, 0.15) is 5.82 Å². The molecule has 2 aliphatic rings. The summed E-state index contributed by atoms with van der Waals surface area (Å²) in [6.45, 7) is 10.2. The van der Waals surface area contributed by atoms with Gasteiger partial charge in [0.25, 0.3) is 11.5 Å². The molecule has 3 aromatic rings. The Morgan fingerprint density at radius 1 is 1.05 bits per heavy atom. The number of amides is 1. The minimum Gasteiger partial charge on any atom is -0.389 e. The molecule has 3 N–H and O–H groups in total. The number of hydrogen-bond donors (Lipinski definition) is 3. The Hall–Kier alpha value is -3.69. The summed E-state index contributed by atoms with van der Waals surface area (Å²) in [7, 11) is 4.33. The summed E-state index contributed by atoms with van der Waals surface area (Å²) in [6.07, 6.45) is 6.08. The molecule has 1 aliphatic heterocycles. The second-order valence-electron chi connectivity index (χ2n) is 12.5. The number of nitrogens with one attached hydrogen (secondary N) is 2. The van der Waals surface area contributed by atoms with Gasteiger partial charge in [-0.25, -0.2) is 4.98 Å². The highest BCUT2D eigenvalue weighted by Crippen LogP contribution is 2.36. The highest BCUT2D eigenvalue weighted by molar-refractivity contribution is 5.99. The van der Waals surface area contributed by atoms with Crippen LogP contribution in [0.15, 0.2) is 41.3 Å². The number of aromatic nitrogens is 2. The number of benzene rings is 1. The van der Waals surface area contributed by atoms with Gasteiger partial charge in [-0.2, -0.15) is 0 Å². The minimum absolute atomic E-state index is 0.156. The lowest BCUT2D eigenvalue weighted by Crippen LogP contribution is -2.51. The summed E-state index contributed by atoms with van der Waals surface area (Å²) in [6, 6.07) is 11.1. The van der Waals surface area contributed by atoms with Crippen LogP contribution in [-0.2, 0) is 6.54 Å². The highest BCUT2D eigenvalue weighted by atomic mass is 16.3. The molecule has 43 heavy (non-hydrogen) atoms. The average molecular weight is 587 g/mol. The van der Waals surface area contributed by atoms with Crippen molar-refractivity contribution in [3.63, 3.8) is 0 Å². The third-order valence-electron chi connectivity index (χ3n) is 9.30. The molecule has 3 heterocycles. The molecule has 5 rings (SSSR count). The molecule has 1 aliphatic carbocycles. The van der Waals surface area contributed by atoms with Crippen molar-refractivity contribution in [3.05, 3.63) is 74.8 Å². The Kier molecular flexibility index (Phi) is 9.22. The maximum absolute atomic E-state index is 13.8. The fraction of sp³-hybridized carbons (Fsp3) is 0.500. The Bertz CT molecular complexity index is 1500. The Balaban J connectivity index is 1.48. The molecule has 0 unspecified atom stereocenters. The molecule has 1 saturated heterocycles. The van der Waals surface area contributed by atoms with Crippen LogP contribution in [0.3, 0.4) is 0 Å². The molecular formula is C34H46N6O3. The van der Waals surface area contributed by atoms with E-state index in [2.05, 4.69) is 52.2 Å². The number of carbonyl (C=O) groups is 1. The predicted octanol–water partition coefficient (Wildman–Crippen LogP) is 4.17. The monoisotopic (exact) mass is 586 g/mol. The first kappa shape index (κ1) is 30.8. The normalized spacial score (nSPS) is 18.9. The Labute approximate surface area is 254 Å². The van der Waals surface area contributed by atoms with Crippen LogP contribution in [0.2, 0.25) is 0 Å². The van der Waals surface area contributed by atoms with Crippen LogP contribution in [-0.4, -0.2) is 77.8 Å². The van der Waals surface area contributed by atoms with Gasteiger partial charge >= 0.3 is 0 Å². The van der Waals surface area contributed by atoms with E-state index in [0.717, 1.165) is 71.7 Å². The van der Waals surface area contributed by atoms with E-state index in [1.807, 2.05) is 56.1 Å². The van der Waals surface area contributed by atoms with Crippen LogP contribution in [0.5, 0.6) is 0 Å². The van der Waals surface area contributed by atoms with Gasteiger partial charge < -0.3 is 30.1 Å². The van der Waals surface area contributed by atoms with Crippen LogP contribution in [0.4, 0.5) is 11.5 Å². The molecule has 2 aromatic heterocycles. The highest BCUT2D eigenvalue weighted by Gasteiger charge is 2.29. The fourth-order valence-electron chi connectivity index (χ4n) is 6.66. The zero-order chi connectivity index (χ0) is 30.8. The molecule has 1 saturated carbocycles. The van der Waals surface area contributed by atoms with E-state index in [0.29, 0.717) is 36.3 Å². The third-order valence-corrected chi connectivity index (χ3v) is 9.30. The van der Waals surface area contributed by atoms with Crippen molar-refractivity contribution < 1.29 is 9.90 Å². The number of aromatic amines is 1. The molecule has 0 radical (unpaired) electrons. The minimum atomic E-state index is -0.297. The standard InChI is InChI=1S/C34H46N6O3/c1-7-40(27-11-9-26(10-12-27)38(5)6)31-16-25(24-8-13-32(35-17-24)39-19-28(41)20-39)15-29(23(31)4)33(42)36-18-30-21(2)14-22(3)37-34(30)43/h8,13-17,26-28,41H,7,9-12,18-20H2,1-6H3,(H,36,42)(H,37,43). The van der Waals surface area contributed by atoms with Gasteiger partial charge in [-0.15, -0.1) is 0 Å². The van der Waals surface area contributed by atoms with E-state index in [1.54, 1.807) is 0 Å². The maximum Gasteiger partial charge on any atom is 0.253 e. The summed E-state index contributed by atoms with van der Waals surface area (Å²) in [5.74, 6) is 0.636. The van der Waals surface area contributed by atoms with Crippen LogP contribution in [0.1, 0.15) is 65.3 Å². The first-order chi connectivity index (χ1) is 20.5.